The molecule has 2 aromatic carbocycles. The molecule has 186 valence electrons. The fourth-order valence-electron chi connectivity index (χ4n) is 4.24. The highest BCUT2D eigenvalue weighted by atomic mass is 32.2. The molecule has 1 fully saturated rings. The van der Waals surface area contributed by atoms with Crippen molar-refractivity contribution < 1.29 is 17.6 Å². The lowest BCUT2D eigenvalue weighted by Gasteiger charge is -2.32. The van der Waals surface area contributed by atoms with Crippen LogP contribution < -0.4 is 14.9 Å². The van der Waals surface area contributed by atoms with E-state index < -0.39 is 21.8 Å². The fourth-order valence-corrected chi connectivity index (χ4v) is 4.80. The van der Waals surface area contributed by atoms with Gasteiger partial charge in [0.2, 0.25) is 15.9 Å². The van der Waals surface area contributed by atoms with Gasteiger partial charge in [-0.1, -0.05) is 39.0 Å². The Morgan fingerprint density at radius 1 is 1.09 bits per heavy atom. The average Bonchev–Trinajstić information content (AvgIpc) is 2.76. The molecule has 1 unspecified atom stereocenters. The Morgan fingerprint density at radius 3 is 2.35 bits per heavy atom. The van der Waals surface area contributed by atoms with Crippen LogP contribution in [0.25, 0.3) is 0 Å². The van der Waals surface area contributed by atoms with Gasteiger partial charge in [0.1, 0.15) is 5.82 Å². The minimum Gasteiger partial charge on any atom is -0.371 e. The number of benzene rings is 2. The molecule has 0 radical (unpaired) electrons. The smallest absolute Gasteiger partial charge is 0.229 e. The molecule has 0 spiro atoms. The first-order valence-electron chi connectivity index (χ1n) is 11.8. The number of nitrogens with one attached hydrogen (secondary N) is 2. The number of hydrogen-bond acceptors (Lipinski definition) is 4. The Hall–Kier alpha value is -2.61. The van der Waals surface area contributed by atoms with Crippen molar-refractivity contribution in [1.29, 1.82) is 0 Å². The summed E-state index contributed by atoms with van der Waals surface area (Å²) in [5, 5.41) is 2.97. The van der Waals surface area contributed by atoms with Gasteiger partial charge in [-0.25, -0.2) is 12.8 Å². The lowest BCUT2D eigenvalue weighted by molar-refractivity contribution is -0.122. The topological polar surface area (TPSA) is 78.5 Å². The highest BCUT2D eigenvalue weighted by Gasteiger charge is 2.22. The number of amides is 1. The number of halogens is 1. The summed E-state index contributed by atoms with van der Waals surface area (Å²) in [5.41, 5.74) is 3.82. The van der Waals surface area contributed by atoms with Gasteiger partial charge in [-0.05, 0) is 60.9 Å². The summed E-state index contributed by atoms with van der Waals surface area (Å²) in [6, 6.07) is 10.4. The van der Waals surface area contributed by atoms with Crippen molar-refractivity contribution in [3.8, 4) is 0 Å². The molecule has 2 aromatic rings. The van der Waals surface area contributed by atoms with E-state index in [1.807, 2.05) is 0 Å². The highest BCUT2D eigenvalue weighted by molar-refractivity contribution is 7.92. The van der Waals surface area contributed by atoms with E-state index >= 15 is 0 Å². The second-order valence-electron chi connectivity index (χ2n) is 10.2. The van der Waals surface area contributed by atoms with Gasteiger partial charge in [-0.2, -0.15) is 0 Å². The van der Waals surface area contributed by atoms with Gasteiger partial charge in [0.15, 0.2) is 0 Å². The maximum atomic E-state index is 14.6. The lowest BCUT2D eigenvalue weighted by Crippen LogP contribution is -2.33. The third kappa shape index (κ3) is 6.72. The first-order valence-corrected chi connectivity index (χ1v) is 13.7. The number of rotatable bonds is 7. The van der Waals surface area contributed by atoms with Crippen LogP contribution in [0.3, 0.4) is 0 Å². The van der Waals surface area contributed by atoms with Gasteiger partial charge in [0, 0.05) is 30.9 Å². The molecular formula is C26H36FN3O3S. The van der Waals surface area contributed by atoms with E-state index in [0.29, 0.717) is 6.54 Å². The number of anilines is 2. The van der Waals surface area contributed by atoms with Crippen LogP contribution in [0.2, 0.25) is 0 Å². The second kappa shape index (κ2) is 10.3. The maximum Gasteiger partial charge on any atom is 0.229 e. The predicted molar refractivity (Wildman–Crippen MR) is 136 cm³/mol. The van der Waals surface area contributed by atoms with Crippen LogP contribution in [0.5, 0.6) is 0 Å². The van der Waals surface area contributed by atoms with Crippen molar-refractivity contribution in [2.75, 3.05) is 29.0 Å². The molecule has 1 aliphatic rings. The van der Waals surface area contributed by atoms with E-state index in [4.69, 9.17) is 0 Å². The maximum absolute atomic E-state index is 14.6. The van der Waals surface area contributed by atoms with E-state index in [1.165, 1.54) is 24.1 Å². The monoisotopic (exact) mass is 489 g/mol. The largest absolute Gasteiger partial charge is 0.371 e. The molecule has 0 saturated carbocycles. The van der Waals surface area contributed by atoms with Gasteiger partial charge < -0.3 is 10.2 Å². The van der Waals surface area contributed by atoms with Crippen LogP contribution in [0.4, 0.5) is 15.8 Å². The summed E-state index contributed by atoms with van der Waals surface area (Å²) < 4.78 is 39.6. The molecular weight excluding hydrogens is 453 g/mol. The van der Waals surface area contributed by atoms with Gasteiger partial charge in [0.25, 0.3) is 0 Å². The number of sulfonamides is 1. The SMILES string of the molecule is CC(C(=O)NCc1ccc(C(C)(C)C)cc1N1CCCCC1)c1ccc(NS(C)(=O)=O)cc1F. The van der Waals surface area contributed by atoms with E-state index in [9.17, 15) is 17.6 Å². The number of carbonyl (C=O) groups is 1. The summed E-state index contributed by atoms with van der Waals surface area (Å²) in [6.07, 6.45) is 4.56. The zero-order chi connectivity index (χ0) is 25.1. The molecule has 1 saturated heterocycles. The fraction of sp³-hybridized carbons (Fsp3) is 0.500. The quantitative estimate of drug-likeness (QED) is 0.580. The van der Waals surface area contributed by atoms with Crippen molar-refractivity contribution in [3.05, 3.63) is 58.9 Å². The average molecular weight is 490 g/mol. The molecule has 1 amide bonds. The van der Waals surface area contributed by atoms with Crippen LogP contribution in [0.1, 0.15) is 69.6 Å². The number of carbonyl (C=O) groups excluding carboxylic acids is 1. The van der Waals surface area contributed by atoms with Gasteiger partial charge in [0.05, 0.1) is 17.9 Å². The van der Waals surface area contributed by atoms with E-state index in [1.54, 1.807) is 6.92 Å². The Balaban J connectivity index is 1.76. The van der Waals surface area contributed by atoms with E-state index in [0.717, 1.165) is 49.5 Å². The van der Waals surface area contributed by atoms with Gasteiger partial charge >= 0.3 is 0 Å². The summed E-state index contributed by atoms with van der Waals surface area (Å²) in [7, 11) is -3.51. The molecule has 3 rings (SSSR count). The van der Waals surface area contributed by atoms with E-state index in [2.05, 4.69) is 53.9 Å². The van der Waals surface area contributed by atoms with Crippen LogP contribution >= 0.6 is 0 Å². The minimum atomic E-state index is -3.51. The third-order valence-corrected chi connectivity index (χ3v) is 6.87. The molecule has 0 aliphatic carbocycles. The van der Waals surface area contributed by atoms with Crippen LogP contribution in [-0.4, -0.2) is 33.7 Å². The predicted octanol–water partition coefficient (Wildman–Crippen LogP) is 4.90. The normalized spacial score (nSPS) is 15.6. The standard InChI is InChI=1S/C26H36FN3O3S/c1-18(22-12-11-21(16-23(22)27)29-34(5,32)33)25(31)28-17-19-9-10-20(26(2,3)4)15-24(19)30-13-7-6-8-14-30/h9-12,15-16,18,29H,6-8,13-14,17H2,1-5H3,(H,28,31). The Kier molecular flexibility index (Phi) is 7.91. The van der Waals surface area contributed by atoms with Gasteiger partial charge in [-0.15, -0.1) is 0 Å². The van der Waals surface area contributed by atoms with Crippen molar-refractivity contribution >= 4 is 27.3 Å². The Labute approximate surface area is 203 Å². The molecule has 1 aliphatic heterocycles. The Bertz CT molecular complexity index is 1140. The zero-order valence-electron chi connectivity index (χ0n) is 20.7. The van der Waals surface area contributed by atoms with Crippen LogP contribution in [0, 0.1) is 5.82 Å². The minimum absolute atomic E-state index is 0.0243. The highest BCUT2D eigenvalue weighted by Crippen LogP contribution is 2.31. The summed E-state index contributed by atoms with van der Waals surface area (Å²) in [5.74, 6) is -1.63. The molecule has 1 heterocycles. The van der Waals surface area contributed by atoms with Crippen molar-refractivity contribution in [2.45, 2.75) is 64.8 Å². The van der Waals surface area contributed by atoms with Crippen molar-refractivity contribution in [3.63, 3.8) is 0 Å². The van der Waals surface area contributed by atoms with E-state index in [-0.39, 0.29) is 22.6 Å². The zero-order valence-corrected chi connectivity index (χ0v) is 21.6. The molecule has 6 nitrogen and oxygen atoms in total. The van der Waals surface area contributed by atoms with Crippen molar-refractivity contribution in [2.24, 2.45) is 0 Å². The second-order valence-corrected chi connectivity index (χ2v) is 11.9. The Morgan fingerprint density at radius 2 is 1.76 bits per heavy atom. The first-order chi connectivity index (χ1) is 15.8. The number of nitrogens with zero attached hydrogens (tertiary/aromatic N) is 1. The number of piperidine rings is 1. The van der Waals surface area contributed by atoms with Crippen LogP contribution in [-0.2, 0) is 26.8 Å². The molecule has 0 aromatic heterocycles. The molecule has 34 heavy (non-hydrogen) atoms. The van der Waals surface area contributed by atoms with Crippen molar-refractivity contribution in [1.82, 2.24) is 5.32 Å². The molecule has 8 heteroatoms. The summed E-state index contributed by atoms with van der Waals surface area (Å²) in [6.45, 7) is 10.6. The first kappa shape index (κ1) is 26.0. The summed E-state index contributed by atoms with van der Waals surface area (Å²) in [4.78, 5) is 15.3. The van der Waals surface area contributed by atoms with Gasteiger partial charge in [-0.3, -0.25) is 9.52 Å². The lowest BCUT2D eigenvalue weighted by atomic mass is 9.86. The molecule has 1 atom stereocenters. The van der Waals surface area contributed by atoms with Crippen LogP contribution in [0.15, 0.2) is 36.4 Å². The molecule has 2 N–H and O–H groups in total. The molecule has 0 bridgehead atoms. The third-order valence-electron chi connectivity index (χ3n) is 6.26. The summed E-state index contributed by atoms with van der Waals surface area (Å²) >= 11 is 0. The number of hydrogen-bond donors (Lipinski definition) is 2.